The molecule has 2 aromatic heterocycles. The van der Waals surface area contributed by atoms with Crippen LogP contribution in [0.1, 0.15) is 15.2 Å². The van der Waals surface area contributed by atoms with E-state index >= 15 is 0 Å². The van der Waals surface area contributed by atoms with E-state index in [1.165, 1.54) is 29.5 Å². The highest BCUT2D eigenvalue weighted by Crippen LogP contribution is 2.38. The van der Waals surface area contributed by atoms with Crippen molar-refractivity contribution in [2.24, 2.45) is 0 Å². The predicted octanol–water partition coefficient (Wildman–Crippen LogP) is 6.00. The molecule has 0 amide bonds. The average molecular weight is 359 g/mol. The first-order chi connectivity index (χ1) is 12.7. The second-order valence-corrected chi connectivity index (χ2v) is 6.78. The lowest BCUT2D eigenvalue weighted by molar-refractivity contribution is 0.105. The zero-order valence-corrected chi connectivity index (χ0v) is 14.5. The Bertz CT molecular complexity index is 1100. The number of ketones is 1. The van der Waals surface area contributed by atoms with Gasteiger partial charge in [0, 0.05) is 17.1 Å². The quantitative estimate of drug-likeness (QED) is 0.330. The number of aromatic nitrogens is 1. The minimum absolute atomic E-state index is 0.0869. The van der Waals surface area contributed by atoms with Crippen LogP contribution in [0.2, 0.25) is 0 Å². The van der Waals surface area contributed by atoms with Gasteiger partial charge in [-0.05, 0) is 41.5 Å². The summed E-state index contributed by atoms with van der Waals surface area (Å²) in [6.07, 6.45) is 4.97. The molecule has 0 fully saturated rings. The molecule has 0 aliphatic heterocycles. The van der Waals surface area contributed by atoms with Crippen LogP contribution >= 0.6 is 11.3 Å². The molecular formula is C22H14FNOS. The van der Waals surface area contributed by atoms with E-state index in [9.17, 15) is 9.18 Å². The van der Waals surface area contributed by atoms with Gasteiger partial charge in [0.25, 0.3) is 0 Å². The zero-order valence-electron chi connectivity index (χ0n) is 13.7. The average Bonchev–Trinajstić information content (AvgIpc) is 3.07. The van der Waals surface area contributed by atoms with Gasteiger partial charge in [-0.1, -0.05) is 48.5 Å². The Kier molecular flexibility index (Phi) is 4.42. The molecule has 2 nitrogen and oxygen atoms in total. The van der Waals surface area contributed by atoms with Gasteiger partial charge in [0.2, 0.25) is 0 Å². The third-order valence-corrected chi connectivity index (χ3v) is 5.18. The molecule has 0 saturated heterocycles. The lowest BCUT2D eigenvalue weighted by atomic mass is 10.0. The third kappa shape index (κ3) is 3.19. The maximum atomic E-state index is 13.0. The van der Waals surface area contributed by atoms with E-state index in [-0.39, 0.29) is 11.6 Å². The number of nitrogens with zero attached hydrogens (tertiary/aromatic N) is 1. The molecule has 0 bridgehead atoms. The zero-order chi connectivity index (χ0) is 17.9. The molecule has 2 aromatic carbocycles. The first-order valence-corrected chi connectivity index (χ1v) is 8.95. The van der Waals surface area contributed by atoms with Crippen molar-refractivity contribution in [1.82, 2.24) is 4.98 Å². The van der Waals surface area contributed by atoms with Crippen LogP contribution in [0.25, 0.3) is 27.4 Å². The third-order valence-electron chi connectivity index (χ3n) is 4.05. The van der Waals surface area contributed by atoms with E-state index in [0.717, 1.165) is 26.9 Å². The van der Waals surface area contributed by atoms with Gasteiger partial charge in [-0.25, -0.2) is 9.37 Å². The van der Waals surface area contributed by atoms with Gasteiger partial charge in [-0.3, -0.25) is 4.79 Å². The maximum Gasteiger partial charge on any atom is 0.196 e. The summed E-state index contributed by atoms with van der Waals surface area (Å²) < 4.78 is 13.0. The number of carbonyl (C=O) groups is 1. The molecule has 4 aromatic rings. The number of hydrogen-bond acceptors (Lipinski definition) is 3. The van der Waals surface area contributed by atoms with Gasteiger partial charge >= 0.3 is 0 Å². The van der Waals surface area contributed by atoms with Crippen LogP contribution in [0, 0.1) is 5.82 Å². The Labute approximate surface area is 154 Å². The van der Waals surface area contributed by atoms with Crippen LogP contribution in [-0.2, 0) is 0 Å². The fourth-order valence-electron chi connectivity index (χ4n) is 2.82. The fourth-order valence-corrected chi connectivity index (χ4v) is 3.90. The Morgan fingerprint density at radius 3 is 2.50 bits per heavy atom. The van der Waals surface area contributed by atoms with Crippen molar-refractivity contribution in [2.45, 2.75) is 0 Å². The van der Waals surface area contributed by atoms with E-state index in [2.05, 4.69) is 4.98 Å². The summed E-state index contributed by atoms with van der Waals surface area (Å²) in [6.45, 7) is 0. The van der Waals surface area contributed by atoms with E-state index in [0.29, 0.717) is 4.88 Å². The van der Waals surface area contributed by atoms with E-state index in [1.807, 2.05) is 42.5 Å². The summed E-state index contributed by atoms with van der Waals surface area (Å²) in [7, 11) is 0. The molecule has 0 saturated carbocycles. The Morgan fingerprint density at radius 1 is 0.962 bits per heavy atom. The molecule has 0 unspecified atom stereocenters. The molecule has 26 heavy (non-hydrogen) atoms. The summed E-state index contributed by atoms with van der Waals surface area (Å²) in [6, 6.07) is 19.8. The van der Waals surface area contributed by atoms with Crippen LogP contribution in [0.15, 0.2) is 79.0 Å². The first-order valence-electron chi connectivity index (χ1n) is 8.13. The molecule has 0 aliphatic carbocycles. The van der Waals surface area contributed by atoms with Crippen LogP contribution < -0.4 is 0 Å². The summed E-state index contributed by atoms with van der Waals surface area (Å²) in [4.78, 5) is 18.8. The minimum Gasteiger partial charge on any atom is -0.288 e. The fraction of sp³-hybridized carbons (Fsp3) is 0. The molecule has 0 aliphatic rings. The van der Waals surface area contributed by atoms with E-state index < -0.39 is 0 Å². The smallest absolute Gasteiger partial charge is 0.196 e. The monoisotopic (exact) mass is 359 g/mol. The molecule has 126 valence electrons. The Morgan fingerprint density at radius 2 is 1.73 bits per heavy atom. The molecule has 2 heterocycles. The van der Waals surface area contributed by atoms with Gasteiger partial charge in [-0.15, -0.1) is 11.3 Å². The van der Waals surface area contributed by atoms with Crippen molar-refractivity contribution in [3.63, 3.8) is 0 Å². The van der Waals surface area contributed by atoms with Gasteiger partial charge in [-0.2, -0.15) is 0 Å². The summed E-state index contributed by atoms with van der Waals surface area (Å²) >= 11 is 1.39. The number of fused-ring (bicyclic) bond motifs is 1. The number of carbonyl (C=O) groups excluding carboxylic acids is 1. The highest BCUT2D eigenvalue weighted by atomic mass is 32.1. The van der Waals surface area contributed by atoms with Crippen molar-refractivity contribution < 1.29 is 9.18 Å². The molecule has 4 rings (SSSR count). The van der Waals surface area contributed by atoms with Crippen LogP contribution in [-0.4, -0.2) is 10.8 Å². The van der Waals surface area contributed by atoms with Crippen LogP contribution in [0.4, 0.5) is 4.39 Å². The second-order valence-electron chi connectivity index (χ2n) is 5.78. The second kappa shape index (κ2) is 7.02. The first kappa shape index (κ1) is 16.4. The molecule has 0 atom stereocenters. The van der Waals surface area contributed by atoms with Gasteiger partial charge in [0.05, 0.1) is 4.88 Å². The lowest BCUT2D eigenvalue weighted by Gasteiger charge is -2.02. The molecule has 0 N–H and O–H groups in total. The number of halogens is 1. The SMILES string of the molecule is O=C(/C=C/c1ccc(F)cc1)c1sc2ncccc2c1-c1ccccc1. The highest BCUT2D eigenvalue weighted by Gasteiger charge is 2.18. The van der Waals surface area contributed by atoms with Crippen molar-refractivity contribution in [3.8, 4) is 11.1 Å². The van der Waals surface area contributed by atoms with Crippen molar-refractivity contribution in [3.05, 3.63) is 95.3 Å². The van der Waals surface area contributed by atoms with Gasteiger partial charge < -0.3 is 0 Å². The lowest BCUT2D eigenvalue weighted by Crippen LogP contribution is -1.93. The highest BCUT2D eigenvalue weighted by molar-refractivity contribution is 7.21. The van der Waals surface area contributed by atoms with Gasteiger partial charge in [0.15, 0.2) is 5.78 Å². The number of pyridine rings is 1. The Balaban J connectivity index is 1.78. The summed E-state index contributed by atoms with van der Waals surface area (Å²) in [5, 5.41) is 0.974. The van der Waals surface area contributed by atoms with Crippen molar-refractivity contribution >= 4 is 33.4 Å². The number of rotatable bonds is 4. The van der Waals surface area contributed by atoms with Crippen LogP contribution in [0.5, 0.6) is 0 Å². The summed E-state index contributed by atoms with van der Waals surface area (Å²) in [5.74, 6) is -0.383. The molecule has 4 heteroatoms. The molecular weight excluding hydrogens is 345 g/mol. The van der Waals surface area contributed by atoms with Crippen LogP contribution in [0.3, 0.4) is 0 Å². The normalized spacial score (nSPS) is 11.3. The largest absolute Gasteiger partial charge is 0.288 e. The van der Waals surface area contributed by atoms with Gasteiger partial charge in [0.1, 0.15) is 10.6 Å². The maximum absolute atomic E-state index is 13.0. The minimum atomic E-state index is -0.296. The van der Waals surface area contributed by atoms with Crippen molar-refractivity contribution in [2.75, 3.05) is 0 Å². The number of benzene rings is 2. The predicted molar refractivity (Wildman–Crippen MR) is 105 cm³/mol. The van der Waals surface area contributed by atoms with E-state index in [4.69, 9.17) is 0 Å². The summed E-state index contributed by atoms with van der Waals surface area (Å²) in [5.41, 5.74) is 2.68. The van der Waals surface area contributed by atoms with Crippen molar-refractivity contribution in [1.29, 1.82) is 0 Å². The topological polar surface area (TPSA) is 30.0 Å². The molecule has 0 radical (unpaired) electrons. The number of allylic oxidation sites excluding steroid dienone is 1. The van der Waals surface area contributed by atoms with E-state index in [1.54, 1.807) is 24.4 Å². The molecule has 0 spiro atoms. The number of thiophene rings is 1. The standard InChI is InChI=1S/C22H14FNOS/c23-17-11-8-15(9-12-17)10-13-19(25)21-20(16-5-2-1-3-6-16)18-7-4-14-24-22(18)26-21/h1-14H/b13-10+. The Hall–Kier alpha value is -3.11. The number of hydrogen-bond donors (Lipinski definition) is 0.